The van der Waals surface area contributed by atoms with Gasteiger partial charge < -0.3 is 4.98 Å². The highest BCUT2D eigenvalue weighted by Gasteiger charge is 2.02. The average molecular weight is 208 g/mol. The summed E-state index contributed by atoms with van der Waals surface area (Å²) in [4.78, 5) is 7.68. The zero-order valence-electron chi connectivity index (χ0n) is 9.09. The number of thioether (sulfide) groups is 1. The number of aryl methyl sites for hydroxylation is 1. The van der Waals surface area contributed by atoms with Crippen molar-refractivity contribution >= 4 is 22.8 Å². The number of benzene rings is 1. The second kappa shape index (κ2) is 5.05. The van der Waals surface area contributed by atoms with E-state index in [0.717, 1.165) is 16.2 Å². The number of nitrogens with one attached hydrogen (secondary N) is 1. The number of nitrogens with zero attached hydrogens (tertiary/aromatic N) is 1. The number of imidazole rings is 1. The molecule has 0 spiro atoms. The molecule has 0 radical (unpaired) electrons. The first-order chi connectivity index (χ1) is 6.81. The van der Waals surface area contributed by atoms with Crippen molar-refractivity contribution < 1.29 is 0 Å². The number of hydrogen-bond acceptors (Lipinski definition) is 2. The van der Waals surface area contributed by atoms with Gasteiger partial charge in [0.05, 0.1) is 11.0 Å². The summed E-state index contributed by atoms with van der Waals surface area (Å²) in [5.41, 5.74) is 3.44. The molecule has 1 heterocycles. The highest BCUT2D eigenvalue weighted by atomic mass is 32.2. The van der Waals surface area contributed by atoms with E-state index in [9.17, 15) is 0 Å². The minimum absolute atomic E-state index is 0.985. The summed E-state index contributed by atoms with van der Waals surface area (Å²) >= 11 is 1.64. The molecule has 1 N–H and O–H groups in total. The molecule has 2 rings (SSSR count). The van der Waals surface area contributed by atoms with Crippen molar-refractivity contribution in [3.63, 3.8) is 0 Å². The highest BCUT2D eigenvalue weighted by molar-refractivity contribution is 7.98. The maximum Gasteiger partial charge on any atom is 0.166 e. The smallest absolute Gasteiger partial charge is 0.166 e. The molecule has 0 saturated heterocycles. The van der Waals surface area contributed by atoms with Crippen LogP contribution in [0, 0.1) is 6.92 Å². The molecule has 2 aromatic rings. The molecule has 1 aromatic carbocycles. The fourth-order valence-corrected chi connectivity index (χ4v) is 1.64. The molecule has 2 nitrogen and oxygen atoms in total. The van der Waals surface area contributed by atoms with Gasteiger partial charge in [0, 0.05) is 0 Å². The number of para-hydroxylation sites is 1. The summed E-state index contributed by atoms with van der Waals surface area (Å²) in [5, 5.41) is 0.985. The zero-order chi connectivity index (χ0) is 10.6. The van der Waals surface area contributed by atoms with E-state index in [4.69, 9.17) is 0 Å². The molecule has 0 fully saturated rings. The molecule has 0 unspecified atom stereocenters. The SMILES string of the molecule is CC.CSc1nc2c(C)cccc2[nH]1. The number of aromatic amines is 1. The molecule has 0 bridgehead atoms. The lowest BCUT2D eigenvalue weighted by molar-refractivity contribution is 1.08. The molecule has 0 saturated carbocycles. The molecule has 0 atom stereocenters. The summed E-state index contributed by atoms with van der Waals surface area (Å²) in [6.45, 7) is 6.08. The molecule has 3 heteroatoms. The van der Waals surface area contributed by atoms with Crippen molar-refractivity contribution in [3.8, 4) is 0 Å². The molecule has 0 aliphatic carbocycles. The van der Waals surface area contributed by atoms with Crippen LogP contribution in [-0.2, 0) is 0 Å². The first-order valence-electron chi connectivity index (χ1n) is 4.80. The van der Waals surface area contributed by atoms with Crippen LogP contribution in [0.5, 0.6) is 0 Å². The van der Waals surface area contributed by atoms with E-state index in [1.165, 1.54) is 5.56 Å². The Hall–Kier alpha value is -0.960. The van der Waals surface area contributed by atoms with Crippen LogP contribution in [0.2, 0.25) is 0 Å². The number of H-pyrrole nitrogens is 1. The van der Waals surface area contributed by atoms with Gasteiger partial charge in [-0.15, -0.1) is 0 Å². The highest BCUT2D eigenvalue weighted by Crippen LogP contribution is 2.19. The largest absolute Gasteiger partial charge is 0.333 e. The van der Waals surface area contributed by atoms with E-state index < -0.39 is 0 Å². The molecule has 76 valence electrons. The van der Waals surface area contributed by atoms with Crippen molar-refractivity contribution in [1.82, 2.24) is 9.97 Å². The van der Waals surface area contributed by atoms with Crippen LogP contribution in [0.4, 0.5) is 0 Å². The van der Waals surface area contributed by atoms with Gasteiger partial charge >= 0.3 is 0 Å². The van der Waals surface area contributed by atoms with E-state index in [0.29, 0.717) is 0 Å². The predicted octanol–water partition coefficient (Wildman–Crippen LogP) is 3.62. The van der Waals surface area contributed by atoms with Crippen molar-refractivity contribution in [1.29, 1.82) is 0 Å². The Labute approximate surface area is 89.1 Å². The van der Waals surface area contributed by atoms with Crippen molar-refractivity contribution in [2.24, 2.45) is 0 Å². The fraction of sp³-hybridized carbons (Fsp3) is 0.364. The van der Waals surface area contributed by atoms with Crippen LogP contribution in [0.25, 0.3) is 11.0 Å². The number of aromatic nitrogens is 2. The second-order valence-electron chi connectivity index (χ2n) is 2.72. The third-order valence-electron chi connectivity index (χ3n) is 1.89. The Morgan fingerprint density at radius 1 is 1.29 bits per heavy atom. The van der Waals surface area contributed by atoms with Gasteiger partial charge in [0.15, 0.2) is 5.16 Å². The van der Waals surface area contributed by atoms with E-state index in [2.05, 4.69) is 29.0 Å². The Balaban J connectivity index is 0.000000461. The normalized spacial score (nSPS) is 9.71. The van der Waals surface area contributed by atoms with Gasteiger partial charge in [-0.3, -0.25) is 0 Å². The lowest BCUT2D eigenvalue weighted by Gasteiger charge is -1.90. The van der Waals surface area contributed by atoms with Gasteiger partial charge in [0.2, 0.25) is 0 Å². The summed E-state index contributed by atoms with van der Waals surface area (Å²) in [6, 6.07) is 6.17. The van der Waals surface area contributed by atoms with Crippen LogP contribution in [-0.4, -0.2) is 16.2 Å². The summed E-state index contributed by atoms with van der Waals surface area (Å²) in [5.74, 6) is 0. The number of rotatable bonds is 1. The molecule has 1 aromatic heterocycles. The monoisotopic (exact) mass is 208 g/mol. The second-order valence-corrected chi connectivity index (χ2v) is 3.51. The topological polar surface area (TPSA) is 28.7 Å². The van der Waals surface area contributed by atoms with E-state index in [-0.39, 0.29) is 0 Å². The third kappa shape index (κ3) is 2.10. The van der Waals surface area contributed by atoms with Crippen molar-refractivity contribution in [2.45, 2.75) is 25.9 Å². The predicted molar refractivity (Wildman–Crippen MR) is 64.0 cm³/mol. The Morgan fingerprint density at radius 2 is 2.00 bits per heavy atom. The minimum atomic E-state index is 0.985. The van der Waals surface area contributed by atoms with Crippen LogP contribution < -0.4 is 0 Å². The van der Waals surface area contributed by atoms with Crippen LogP contribution >= 0.6 is 11.8 Å². The first kappa shape index (κ1) is 11.1. The lowest BCUT2D eigenvalue weighted by Crippen LogP contribution is -1.74. The Kier molecular flexibility index (Phi) is 4.01. The molecule has 0 amide bonds. The molecule has 0 aliphatic heterocycles. The quantitative estimate of drug-likeness (QED) is 0.725. The van der Waals surface area contributed by atoms with E-state index in [1.54, 1.807) is 11.8 Å². The van der Waals surface area contributed by atoms with Gasteiger partial charge in [-0.1, -0.05) is 37.7 Å². The molecule has 14 heavy (non-hydrogen) atoms. The summed E-state index contributed by atoms with van der Waals surface area (Å²) in [7, 11) is 0. The maximum absolute atomic E-state index is 4.44. The number of fused-ring (bicyclic) bond motifs is 1. The Morgan fingerprint density at radius 3 is 2.57 bits per heavy atom. The van der Waals surface area contributed by atoms with Crippen molar-refractivity contribution in [3.05, 3.63) is 23.8 Å². The summed E-state index contributed by atoms with van der Waals surface area (Å²) in [6.07, 6.45) is 2.02. The Bertz CT molecular complexity index is 407. The number of hydrogen-bond donors (Lipinski definition) is 1. The average Bonchev–Trinajstić information content (AvgIpc) is 2.65. The molecule has 0 aliphatic rings. The van der Waals surface area contributed by atoms with Gasteiger partial charge in [-0.25, -0.2) is 4.98 Å². The van der Waals surface area contributed by atoms with Gasteiger partial charge in [-0.05, 0) is 24.8 Å². The minimum Gasteiger partial charge on any atom is -0.333 e. The first-order valence-corrected chi connectivity index (χ1v) is 6.03. The molecular formula is C11H16N2S. The van der Waals surface area contributed by atoms with Crippen LogP contribution in [0.1, 0.15) is 19.4 Å². The maximum atomic E-state index is 4.44. The van der Waals surface area contributed by atoms with E-state index in [1.807, 2.05) is 26.2 Å². The van der Waals surface area contributed by atoms with Crippen LogP contribution in [0.15, 0.2) is 23.4 Å². The van der Waals surface area contributed by atoms with E-state index >= 15 is 0 Å². The standard InChI is InChI=1S/C9H10N2S.C2H6/c1-6-4-3-5-7-8(6)11-9(10-7)12-2;1-2/h3-5H,1-2H3,(H,10,11);1-2H3. The zero-order valence-corrected chi connectivity index (χ0v) is 9.90. The lowest BCUT2D eigenvalue weighted by atomic mass is 10.2. The summed E-state index contributed by atoms with van der Waals surface area (Å²) < 4.78 is 0. The van der Waals surface area contributed by atoms with Crippen molar-refractivity contribution in [2.75, 3.05) is 6.26 Å². The molecular weight excluding hydrogens is 192 g/mol. The van der Waals surface area contributed by atoms with Gasteiger partial charge in [0.25, 0.3) is 0 Å². The van der Waals surface area contributed by atoms with Gasteiger partial charge in [-0.2, -0.15) is 0 Å². The fourth-order valence-electron chi connectivity index (χ4n) is 1.25. The third-order valence-corrected chi connectivity index (χ3v) is 2.47. The van der Waals surface area contributed by atoms with Gasteiger partial charge in [0.1, 0.15) is 0 Å². The van der Waals surface area contributed by atoms with Crippen LogP contribution in [0.3, 0.4) is 0 Å².